The number of phenolic OH excluding ortho intramolecular Hbond substituents is 1. The number of aromatic nitrogens is 3. The van der Waals surface area contributed by atoms with Gasteiger partial charge in [-0.05, 0) is 48.1 Å². The van der Waals surface area contributed by atoms with Gasteiger partial charge in [-0.25, -0.2) is 0 Å². The Kier molecular flexibility index (Phi) is 7.07. The molecule has 0 spiro atoms. The lowest BCUT2D eigenvalue weighted by molar-refractivity contribution is 0.458. The molecule has 0 aliphatic rings. The molecule has 0 aliphatic heterocycles. The standard InChI is InChI=1S/C24H33N3O/c1-4-5-6-7-8-9-10-13-19-16-20(18(2)3)17-23(24(19)28)27-25-21-14-11-12-15-22(21)26-27/h11-12,14-18,28H,4-10,13H2,1-3H3. The second-order valence-electron chi connectivity index (χ2n) is 8.05. The predicted octanol–water partition coefficient (Wildman–Crippen LogP) is 6.54. The van der Waals surface area contributed by atoms with E-state index in [1.54, 1.807) is 4.80 Å². The monoisotopic (exact) mass is 379 g/mol. The Labute approximate surface area is 168 Å². The lowest BCUT2D eigenvalue weighted by Crippen LogP contribution is -2.03. The Bertz CT molecular complexity index is 865. The van der Waals surface area contributed by atoms with Crippen LogP contribution in [0, 0.1) is 0 Å². The largest absolute Gasteiger partial charge is 0.505 e. The molecule has 3 aromatic rings. The number of benzene rings is 2. The van der Waals surface area contributed by atoms with E-state index in [2.05, 4.69) is 37.0 Å². The molecule has 0 aliphatic carbocycles. The van der Waals surface area contributed by atoms with E-state index in [1.807, 2.05) is 30.3 Å². The van der Waals surface area contributed by atoms with Crippen LogP contribution in [0.3, 0.4) is 0 Å². The van der Waals surface area contributed by atoms with Crippen molar-refractivity contribution >= 4 is 11.0 Å². The van der Waals surface area contributed by atoms with Crippen LogP contribution in [0.25, 0.3) is 16.7 Å². The molecular weight excluding hydrogens is 346 g/mol. The normalized spacial score (nSPS) is 11.6. The third kappa shape index (κ3) is 4.92. The molecule has 0 saturated heterocycles. The van der Waals surface area contributed by atoms with Gasteiger partial charge in [0.1, 0.15) is 22.5 Å². The number of fused-ring (bicyclic) bond motifs is 1. The van der Waals surface area contributed by atoms with Crippen LogP contribution in [0.2, 0.25) is 0 Å². The Hall–Kier alpha value is -2.36. The van der Waals surface area contributed by atoms with Crippen LogP contribution in [-0.4, -0.2) is 20.1 Å². The first-order valence-electron chi connectivity index (χ1n) is 10.8. The molecule has 2 aromatic carbocycles. The van der Waals surface area contributed by atoms with E-state index >= 15 is 0 Å². The first-order chi connectivity index (χ1) is 13.6. The van der Waals surface area contributed by atoms with Crippen LogP contribution < -0.4 is 0 Å². The van der Waals surface area contributed by atoms with Gasteiger partial charge in [0.25, 0.3) is 0 Å². The highest BCUT2D eigenvalue weighted by Gasteiger charge is 2.15. The van der Waals surface area contributed by atoms with Gasteiger partial charge in [-0.15, -0.1) is 15.0 Å². The summed E-state index contributed by atoms with van der Waals surface area (Å²) in [7, 11) is 0. The zero-order valence-corrected chi connectivity index (χ0v) is 17.5. The van der Waals surface area contributed by atoms with Crippen molar-refractivity contribution in [2.24, 2.45) is 0 Å². The number of nitrogens with zero attached hydrogens (tertiary/aromatic N) is 3. The molecule has 1 heterocycles. The van der Waals surface area contributed by atoms with Crippen LogP contribution in [0.1, 0.15) is 82.8 Å². The summed E-state index contributed by atoms with van der Waals surface area (Å²) < 4.78 is 0. The molecule has 0 fully saturated rings. The summed E-state index contributed by atoms with van der Waals surface area (Å²) in [5.41, 5.74) is 4.58. The second kappa shape index (κ2) is 9.72. The second-order valence-corrected chi connectivity index (χ2v) is 8.05. The van der Waals surface area contributed by atoms with E-state index in [9.17, 15) is 5.11 Å². The molecule has 4 heteroatoms. The van der Waals surface area contributed by atoms with Crippen molar-refractivity contribution in [2.75, 3.05) is 0 Å². The highest BCUT2D eigenvalue weighted by Crippen LogP contribution is 2.32. The summed E-state index contributed by atoms with van der Waals surface area (Å²) in [6, 6.07) is 12.0. The number of aromatic hydroxyl groups is 1. The van der Waals surface area contributed by atoms with Gasteiger partial charge >= 0.3 is 0 Å². The smallest absolute Gasteiger partial charge is 0.146 e. The zero-order chi connectivity index (χ0) is 19.9. The Morgan fingerprint density at radius 2 is 1.50 bits per heavy atom. The molecule has 0 unspecified atom stereocenters. The zero-order valence-electron chi connectivity index (χ0n) is 17.5. The highest BCUT2D eigenvalue weighted by molar-refractivity contribution is 5.73. The fraction of sp³-hybridized carbons (Fsp3) is 0.500. The average molecular weight is 380 g/mol. The van der Waals surface area contributed by atoms with Crippen LogP contribution in [0.5, 0.6) is 5.75 Å². The summed E-state index contributed by atoms with van der Waals surface area (Å²) in [6.07, 6.45) is 9.79. The van der Waals surface area contributed by atoms with Gasteiger partial charge < -0.3 is 5.11 Å². The molecule has 1 N–H and O–H groups in total. The third-order valence-corrected chi connectivity index (χ3v) is 5.41. The summed E-state index contributed by atoms with van der Waals surface area (Å²) in [5, 5.41) is 20.1. The van der Waals surface area contributed by atoms with Crippen LogP contribution in [0.4, 0.5) is 0 Å². The van der Waals surface area contributed by atoms with Crippen molar-refractivity contribution in [2.45, 2.75) is 78.1 Å². The lowest BCUT2D eigenvalue weighted by Gasteiger charge is -2.14. The number of unbranched alkanes of at least 4 members (excludes halogenated alkanes) is 6. The van der Waals surface area contributed by atoms with Gasteiger partial charge in [-0.1, -0.05) is 77.5 Å². The Balaban J connectivity index is 1.78. The first-order valence-corrected chi connectivity index (χ1v) is 10.8. The maximum absolute atomic E-state index is 10.9. The maximum atomic E-state index is 10.9. The van der Waals surface area contributed by atoms with Gasteiger partial charge in [-0.3, -0.25) is 0 Å². The number of hydrogen-bond donors (Lipinski definition) is 1. The minimum atomic E-state index is 0.315. The summed E-state index contributed by atoms with van der Waals surface area (Å²) in [4.78, 5) is 1.58. The minimum Gasteiger partial charge on any atom is -0.505 e. The highest BCUT2D eigenvalue weighted by atomic mass is 16.3. The van der Waals surface area contributed by atoms with Crippen LogP contribution in [0.15, 0.2) is 36.4 Å². The van der Waals surface area contributed by atoms with E-state index in [0.717, 1.165) is 29.4 Å². The van der Waals surface area contributed by atoms with Gasteiger partial charge in [0.15, 0.2) is 0 Å². The average Bonchev–Trinajstić information content (AvgIpc) is 3.12. The number of rotatable bonds is 10. The van der Waals surface area contributed by atoms with Crippen LogP contribution in [-0.2, 0) is 6.42 Å². The van der Waals surface area contributed by atoms with E-state index in [1.165, 1.54) is 44.1 Å². The molecule has 0 amide bonds. The molecule has 3 rings (SSSR count). The van der Waals surface area contributed by atoms with Gasteiger partial charge in [0.05, 0.1) is 0 Å². The topological polar surface area (TPSA) is 50.9 Å². The SMILES string of the molecule is CCCCCCCCCc1cc(C(C)C)cc(-n2nc3ccccc3n2)c1O. The molecule has 150 valence electrons. The fourth-order valence-electron chi connectivity index (χ4n) is 3.62. The van der Waals surface area contributed by atoms with Crippen molar-refractivity contribution in [3.05, 3.63) is 47.5 Å². The van der Waals surface area contributed by atoms with Gasteiger partial charge in [0.2, 0.25) is 0 Å². The first kappa shape index (κ1) is 20.4. The molecule has 0 atom stereocenters. The van der Waals surface area contributed by atoms with E-state index in [0.29, 0.717) is 17.4 Å². The predicted molar refractivity (Wildman–Crippen MR) is 116 cm³/mol. The molecule has 1 aromatic heterocycles. The van der Waals surface area contributed by atoms with Crippen molar-refractivity contribution in [1.82, 2.24) is 15.0 Å². The van der Waals surface area contributed by atoms with Crippen LogP contribution >= 0.6 is 0 Å². The summed E-state index contributed by atoms with van der Waals surface area (Å²) >= 11 is 0. The Morgan fingerprint density at radius 3 is 2.11 bits per heavy atom. The van der Waals surface area contributed by atoms with E-state index < -0.39 is 0 Å². The molecule has 0 radical (unpaired) electrons. The third-order valence-electron chi connectivity index (χ3n) is 5.41. The van der Waals surface area contributed by atoms with Gasteiger partial charge in [-0.2, -0.15) is 0 Å². The summed E-state index contributed by atoms with van der Waals surface area (Å²) in [5.74, 6) is 0.702. The number of phenols is 1. The van der Waals surface area contributed by atoms with E-state index in [-0.39, 0.29) is 0 Å². The molecule has 28 heavy (non-hydrogen) atoms. The van der Waals surface area contributed by atoms with Crippen molar-refractivity contribution < 1.29 is 5.11 Å². The molecule has 0 bridgehead atoms. The number of hydrogen-bond acceptors (Lipinski definition) is 3. The molecule has 4 nitrogen and oxygen atoms in total. The maximum Gasteiger partial charge on any atom is 0.146 e. The minimum absolute atomic E-state index is 0.315. The van der Waals surface area contributed by atoms with E-state index in [4.69, 9.17) is 0 Å². The van der Waals surface area contributed by atoms with Gasteiger partial charge in [0, 0.05) is 0 Å². The summed E-state index contributed by atoms with van der Waals surface area (Å²) in [6.45, 7) is 6.61. The molecular formula is C24H33N3O. The lowest BCUT2D eigenvalue weighted by atomic mass is 9.96. The van der Waals surface area contributed by atoms with Crippen molar-refractivity contribution in [1.29, 1.82) is 0 Å². The molecule has 0 saturated carbocycles. The van der Waals surface area contributed by atoms with Crippen molar-refractivity contribution in [3.63, 3.8) is 0 Å². The quantitative estimate of drug-likeness (QED) is 0.407. The Morgan fingerprint density at radius 1 is 0.893 bits per heavy atom. The van der Waals surface area contributed by atoms with Crippen molar-refractivity contribution in [3.8, 4) is 11.4 Å². The fourth-order valence-corrected chi connectivity index (χ4v) is 3.62. The number of aryl methyl sites for hydroxylation is 1.